The lowest BCUT2D eigenvalue weighted by Crippen LogP contribution is -2.11. The number of nitrogens with one attached hydrogen (secondary N) is 1. The molecule has 1 heterocycles. The molecule has 0 radical (unpaired) electrons. The van der Waals surface area contributed by atoms with E-state index in [9.17, 15) is 9.18 Å². The van der Waals surface area contributed by atoms with Crippen molar-refractivity contribution in [3.63, 3.8) is 0 Å². The van der Waals surface area contributed by atoms with E-state index in [4.69, 9.17) is 5.73 Å². The lowest BCUT2D eigenvalue weighted by atomic mass is 10.2. The molecule has 2 aromatic rings. The molecule has 18 heavy (non-hydrogen) atoms. The van der Waals surface area contributed by atoms with Gasteiger partial charge in [-0.2, -0.15) is 0 Å². The Bertz CT molecular complexity index is 615. The molecule has 2 rings (SSSR count). The highest BCUT2D eigenvalue weighted by atomic mass is 79.9. The summed E-state index contributed by atoms with van der Waals surface area (Å²) in [7, 11) is 0. The van der Waals surface area contributed by atoms with Gasteiger partial charge in [-0.05, 0) is 56.1 Å². The number of amides is 1. The molecule has 0 aliphatic carbocycles. The molecular weight excluding hydrogens is 387 g/mol. The van der Waals surface area contributed by atoms with Gasteiger partial charge in [0.2, 0.25) is 0 Å². The Morgan fingerprint density at radius 3 is 2.61 bits per heavy atom. The van der Waals surface area contributed by atoms with E-state index >= 15 is 0 Å². The topological polar surface area (TPSA) is 55.1 Å². The fourth-order valence-electron chi connectivity index (χ4n) is 1.30. The first-order valence-electron chi connectivity index (χ1n) is 4.78. The second-order valence-electron chi connectivity index (χ2n) is 3.43. The maximum atomic E-state index is 13.2. The number of carbonyl (C=O) groups is 1. The fraction of sp³-hybridized carbons (Fsp3) is 0. The van der Waals surface area contributed by atoms with Crippen LogP contribution >= 0.6 is 43.2 Å². The molecule has 0 spiro atoms. The number of rotatable bonds is 2. The smallest absolute Gasteiger partial charge is 0.257 e. The van der Waals surface area contributed by atoms with Crippen molar-refractivity contribution >= 4 is 60.5 Å². The van der Waals surface area contributed by atoms with Crippen LogP contribution in [0, 0.1) is 5.82 Å². The lowest BCUT2D eigenvalue weighted by molar-refractivity contribution is 0.102. The first-order chi connectivity index (χ1) is 8.47. The maximum absolute atomic E-state index is 13.2. The Balaban J connectivity index is 2.21. The minimum absolute atomic E-state index is 0.0486. The minimum atomic E-state index is -0.557. The minimum Gasteiger partial charge on any atom is -0.396 e. The molecule has 1 aromatic carbocycles. The van der Waals surface area contributed by atoms with Crippen LogP contribution in [0.25, 0.3) is 0 Å². The van der Waals surface area contributed by atoms with Gasteiger partial charge in [-0.3, -0.25) is 4.79 Å². The predicted octanol–water partition coefficient (Wildman–Crippen LogP) is 4.25. The van der Waals surface area contributed by atoms with Crippen LogP contribution in [0.3, 0.4) is 0 Å². The highest BCUT2D eigenvalue weighted by Crippen LogP contribution is 2.32. The van der Waals surface area contributed by atoms with Gasteiger partial charge in [-0.15, -0.1) is 11.3 Å². The Morgan fingerprint density at radius 2 is 2.06 bits per heavy atom. The van der Waals surface area contributed by atoms with Crippen LogP contribution in [0.4, 0.5) is 15.8 Å². The molecule has 0 atom stereocenters. The third-order valence-electron chi connectivity index (χ3n) is 2.16. The Hall–Kier alpha value is -0.920. The van der Waals surface area contributed by atoms with Gasteiger partial charge in [0.15, 0.2) is 0 Å². The monoisotopic (exact) mass is 392 g/mol. The summed E-state index contributed by atoms with van der Waals surface area (Å²) < 4.78 is 14.8. The summed E-state index contributed by atoms with van der Waals surface area (Å²) in [5, 5.41) is 2.60. The zero-order chi connectivity index (χ0) is 13.3. The van der Waals surface area contributed by atoms with Gasteiger partial charge >= 0.3 is 0 Å². The SMILES string of the molecule is Nc1ccc(NC(=O)c2cc(Br)sc2Br)cc1F. The molecule has 0 fully saturated rings. The number of thiophene rings is 1. The standard InChI is InChI=1S/C11H7Br2FN2OS/c12-9-4-6(10(13)18-9)11(17)16-5-1-2-8(15)7(14)3-5/h1-4H,15H2,(H,16,17). The predicted molar refractivity (Wildman–Crippen MR) is 78.5 cm³/mol. The van der Waals surface area contributed by atoms with Gasteiger partial charge in [-0.1, -0.05) is 0 Å². The largest absolute Gasteiger partial charge is 0.396 e. The second-order valence-corrected chi connectivity index (χ2v) is 7.18. The van der Waals surface area contributed by atoms with Crippen molar-refractivity contribution in [2.45, 2.75) is 0 Å². The summed E-state index contributed by atoms with van der Waals surface area (Å²) in [4.78, 5) is 11.9. The van der Waals surface area contributed by atoms with E-state index in [1.54, 1.807) is 12.1 Å². The molecule has 0 unspecified atom stereocenters. The van der Waals surface area contributed by atoms with E-state index in [0.717, 1.165) is 3.79 Å². The molecule has 0 bridgehead atoms. The molecule has 0 saturated heterocycles. The summed E-state index contributed by atoms with van der Waals surface area (Å²) >= 11 is 7.97. The number of hydrogen-bond donors (Lipinski definition) is 2. The van der Waals surface area contributed by atoms with Gasteiger partial charge < -0.3 is 11.1 Å². The van der Waals surface area contributed by atoms with Crippen molar-refractivity contribution in [1.82, 2.24) is 0 Å². The van der Waals surface area contributed by atoms with E-state index in [1.807, 2.05) is 0 Å². The van der Waals surface area contributed by atoms with E-state index in [2.05, 4.69) is 37.2 Å². The van der Waals surface area contributed by atoms with Gasteiger partial charge in [0.1, 0.15) is 5.82 Å². The van der Waals surface area contributed by atoms with Crippen LogP contribution in [-0.4, -0.2) is 5.91 Å². The fourth-order valence-corrected chi connectivity index (χ4v) is 4.09. The first-order valence-corrected chi connectivity index (χ1v) is 7.19. The van der Waals surface area contributed by atoms with Crippen molar-refractivity contribution < 1.29 is 9.18 Å². The number of nitrogens with two attached hydrogens (primary N) is 1. The quantitative estimate of drug-likeness (QED) is 0.749. The molecule has 3 N–H and O–H groups in total. The van der Waals surface area contributed by atoms with E-state index in [0.29, 0.717) is 15.0 Å². The average molecular weight is 394 g/mol. The number of carbonyl (C=O) groups excluding carboxylic acids is 1. The average Bonchev–Trinajstić information content (AvgIpc) is 2.63. The molecule has 0 aliphatic rings. The Labute approximate surface area is 123 Å². The third-order valence-corrected chi connectivity index (χ3v) is 4.50. The van der Waals surface area contributed by atoms with Crippen LogP contribution in [0.5, 0.6) is 0 Å². The van der Waals surface area contributed by atoms with Crippen LogP contribution in [-0.2, 0) is 0 Å². The van der Waals surface area contributed by atoms with Gasteiger partial charge in [0.25, 0.3) is 5.91 Å². The number of hydrogen-bond acceptors (Lipinski definition) is 3. The summed E-state index contributed by atoms with van der Waals surface area (Å²) in [5.74, 6) is -0.869. The molecular formula is C11H7Br2FN2OS. The summed E-state index contributed by atoms with van der Waals surface area (Å²) in [6.45, 7) is 0. The van der Waals surface area contributed by atoms with E-state index < -0.39 is 5.82 Å². The van der Waals surface area contributed by atoms with Crippen molar-refractivity contribution in [2.24, 2.45) is 0 Å². The van der Waals surface area contributed by atoms with Gasteiger partial charge in [-0.25, -0.2) is 4.39 Å². The molecule has 94 valence electrons. The number of nitrogen functional groups attached to an aromatic ring is 1. The highest BCUT2D eigenvalue weighted by molar-refractivity contribution is 9.12. The Kier molecular flexibility index (Phi) is 4.04. The van der Waals surface area contributed by atoms with Crippen molar-refractivity contribution in [1.29, 1.82) is 0 Å². The molecule has 1 amide bonds. The molecule has 7 heteroatoms. The van der Waals surface area contributed by atoms with Crippen LogP contribution in [0.2, 0.25) is 0 Å². The van der Waals surface area contributed by atoms with Crippen molar-refractivity contribution in [3.8, 4) is 0 Å². The molecule has 0 saturated carbocycles. The molecule has 0 aliphatic heterocycles. The van der Waals surface area contributed by atoms with Gasteiger partial charge in [0, 0.05) is 5.69 Å². The zero-order valence-electron chi connectivity index (χ0n) is 8.84. The molecule has 3 nitrogen and oxygen atoms in total. The van der Waals surface area contributed by atoms with Crippen LogP contribution in [0.15, 0.2) is 31.8 Å². The van der Waals surface area contributed by atoms with Crippen molar-refractivity contribution in [2.75, 3.05) is 11.1 Å². The summed E-state index contributed by atoms with van der Waals surface area (Å²) in [6.07, 6.45) is 0. The lowest BCUT2D eigenvalue weighted by Gasteiger charge is -2.05. The molecule has 1 aromatic heterocycles. The van der Waals surface area contributed by atoms with E-state index in [-0.39, 0.29) is 11.6 Å². The maximum Gasteiger partial charge on any atom is 0.257 e. The number of halogens is 3. The first kappa shape index (κ1) is 13.5. The number of benzene rings is 1. The summed E-state index contributed by atoms with van der Waals surface area (Å²) in [6, 6.07) is 5.83. The van der Waals surface area contributed by atoms with Crippen molar-refractivity contribution in [3.05, 3.63) is 43.2 Å². The highest BCUT2D eigenvalue weighted by Gasteiger charge is 2.14. The third kappa shape index (κ3) is 2.90. The zero-order valence-corrected chi connectivity index (χ0v) is 12.8. The van der Waals surface area contributed by atoms with Crippen LogP contribution < -0.4 is 11.1 Å². The van der Waals surface area contributed by atoms with Crippen LogP contribution in [0.1, 0.15) is 10.4 Å². The second kappa shape index (κ2) is 5.38. The Morgan fingerprint density at radius 1 is 1.33 bits per heavy atom. The normalized spacial score (nSPS) is 10.4. The van der Waals surface area contributed by atoms with Gasteiger partial charge in [0.05, 0.1) is 18.8 Å². The van der Waals surface area contributed by atoms with E-state index in [1.165, 1.54) is 23.5 Å². The number of anilines is 2. The summed E-state index contributed by atoms with van der Waals surface area (Å²) in [5.41, 5.74) is 6.26.